The normalized spacial score (nSPS) is 13.8. The minimum Gasteiger partial charge on any atom is -0.357 e. The molecule has 8 heteroatoms. The molecule has 1 aromatic heterocycles. The third kappa shape index (κ3) is 5.14. The minimum absolute atomic E-state index is 0.265. The van der Waals surface area contributed by atoms with Crippen molar-refractivity contribution < 1.29 is 18.0 Å². The van der Waals surface area contributed by atoms with Crippen LogP contribution < -0.4 is 15.5 Å². The number of halogens is 3. The fourth-order valence-electron chi connectivity index (χ4n) is 3.50. The standard InChI is InChI=1S/C23H21F3N4O/c24-23(25,26)17-9-11-18(12-10-17)27-22(31)28-19-6-3-5-16(15-19)20-7-4-8-21(29-20)30-13-1-2-14-30/h3-12,15H,1-2,13-14H2,(H2,27,28,31). The molecule has 0 saturated carbocycles. The van der Waals surface area contributed by atoms with Gasteiger partial charge in [-0.15, -0.1) is 0 Å². The lowest BCUT2D eigenvalue weighted by Crippen LogP contribution is -2.19. The molecule has 1 fully saturated rings. The van der Waals surface area contributed by atoms with Crippen LogP contribution in [-0.2, 0) is 6.18 Å². The number of nitrogens with zero attached hydrogens (tertiary/aromatic N) is 2. The highest BCUT2D eigenvalue weighted by molar-refractivity contribution is 6.00. The summed E-state index contributed by atoms with van der Waals surface area (Å²) in [5.41, 5.74) is 1.70. The van der Waals surface area contributed by atoms with Crippen LogP contribution in [0.5, 0.6) is 0 Å². The number of alkyl halides is 3. The molecule has 0 aliphatic carbocycles. The van der Waals surface area contributed by atoms with Crippen molar-refractivity contribution in [1.29, 1.82) is 0 Å². The molecular weight excluding hydrogens is 405 g/mol. The number of benzene rings is 2. The van der Waals surface area contributed by atoms with Crippen LogP contribution in [0.2, 0.25) is 0 Å². The van der Waals surface area contributed by atoms with E-state index >= 15 is 0 Å². The van der Waals surface area contributed by atoms with Gasteiger partial charge in [-0.05, 0) is 61.4 Å². The van der Waals surface area contributed by atoms with Gasteiger partial charge in [-0.3, -0.25) is 0 Å². The molecular formula is C23H21F3N4O. The third-order valence-corrected chi connectivity index (χ3v) is 5.05. The van der Waals surface area contributed by atoms with E-state index in [1.165, 1.54) is 25.0 Å². The summed E-state index contributed by atoms with van der Waals surface area (Å²) in [5.74, 6) is 0.938. The SMILES string of the molecule is O=C(Nc1ccc(C(F)(F)F)cc1)Nc1cccc(-c2cccc(N3CCCC3)n2)c1. The molecule has 2 amide bonds. The van der Waals surface area contributed by atoms with Gasteiger partial charge in [-0.1, -0.05) is 18.2 Å². The molecule has 5 nitrogen and oxygen atoms in total. The maximum atomic E-state index is 12.7. The van der Waals surface area contributed by atoms with Gasteiger partial charge in [0.25, 0.3) is 0 Å². The average molecular weight is 426 g/mol. The van der Waals surface area contributed by atoms with Crippen molar-refractivity contribution in [3.8, 4) is 11.3 Å². The van der Waals surface area contributed by atoms with E-state index in [0.29, 0.717) is 5.69 Å². The van der Waals surface area contributed by atoms with Crippen molar-refractivity contribution in [2.45, 2.75) is 19.0 Å². The van der Waals surface area contributed by atoms with Gasteiger partial charge < -0.3 is 15.5 Å². The van der Waals surface area contributed by atoms with E-state index in [9.17, 15) is 18.0 Å². The summed E-state index contributed by atoms with van der Waals surface area (Å²) in [6, 6.07) is 16.9. The zero-order chi connectivity index (χ0) is 21.8. The van der Waals surface area contributed by atoms with Crippen LogP contribution in [0.15, 0.2) is 66.7 Å². The Labute approximate surface area is 177 Å². The highest BCUT2D eigenvalue weighted by atomic mass is 19.4. The number of pyridine rings is 1. The Morgan fingerprint density at radius 3 is 2.26 bits per heavy atom. The molecule has 0 bridgehead atoms. The summed E-state index contributed by atoms with van der Waals surface area (Å²) >= 11 is 0. The van der Waals surface area contributed by atoms with Gasteiger partial charge in [0.15, 0.2) is 0 Å². The van der Waals surface area contributed by atoms with Gasteiger partial charge in [0.1, 0.15) is 5.82 Å². The first kappa shape index (κ1) is 20.7. The van der Waals surface area contributed by atoms with E-state index < -0.39 is 17.8 Å². The number of anilines is 3. The predicted molar refractivity (Wildman–Crippen MR) is 115 cm³/mol. The van der Waals surface area contributed by atoms with Crippen LogP contribution in [-0.4, -0.2) is 24.1 Å². The second kappa shape index (κ2) is 8.67. The van der Waals surface area contributed by atoms with E-state index in [0.717, 1.165) is 42.3 Å². The van der Waals surface area contributed by atoms with Crippen molar-refractivity contribution in [2.75, 3.05) is 28.6 Å². The lowest BCUT2D eigenvalue weighted by molar-refractivity contribution is -0.137. The second-order valence-corrected chi connectivity index (χ2v) is 7.31. The van der Waals surface area contributed by atoms with Crippen molar-refractivity contribution in [3.05, 3.63) is 72.3 Å². The highest BCUT2D eigenvalue weighted by Gasteiger charge is 2.30. The van der Waals surface area contributed by atoms with Crippen molar-refractivity contribution >= 4 is 23.2 Å². The number of amides is 2. The first-order valence-corrected chi connectivity index (χ1v) is 9.96. The summed E-state index contributed by atoms with van der Waals surface area (Å²) in [4.78, 5) is 19.3. The van der Waals surface area contributed by atoms with Crippen LogP contribution in [0.4, 0.5) is 35.2 Å². The Hall–Kier alpha value is -3.55. The molecule has 31 heavy (non-hydrogen) atoms. The van der Waals surface area contributed by atoms with E-state index in [1.807, 2.05) is 36.4 Å². The molecule has 1 saturated heterocycles. The Morgan fingerprint density at radius 1 is 0.871 bits per heavy atom. The van der Waals surface area contributed by atoms with Crippen LogP contribution >= 0.6 is 0 Å². The Morgan fingerprint density at radius 2 is 1.55 bits per heavy atom. The minimum atomic E-state index is -4.42. The number of hydrogen-bond acceptors (Lipinski definition) is 3. The fourth-order valence-corrected chi connectivity index (χ4v) is 3.50. The van der Waals surface area contributed by atoms with Crippen molar-refractivity contribution in [1.82, 2.24) is 4.98 Å². The number of carbonyl (C=O) groups is 1. The second-order valence-electron chi connectivity index (χ2n) is 7.31. The van der Waals surface area contributed by atoms with Gasteiger partial charge in [0, 0.05) is 30.0 Å². The van der Waals surface area contributed by atoms with E-state index in [1.54, 1.807) is 6.07 Å². The van der Waals surface area contributed by atoms with Gasteiger partial charge in [-0.25, -0.2) is 9.78 Å². The number of carbonyl (C=O) groups excluding carboxylic acids is 1. The Balaban J connectivity index is 1.44. The van der Waals surface area contributed by atoms with Gasteiger partial charge in [0.2, 0.25) is 0 Å². The molecule has 2 aromatic carbocycles. The first-order valence-electron chi connectivity index (χ1n) is 9.96. The topological polar surface area (TPSA) is 57.3 Å². The molecule has 3 aromatic rings. The zero-order valence-corrected chi connectivity index (χ0v) is 16.6. The number of nitrogens with one attached hydrogen (secondary N) is 2. The van der Waals surface area contributed by atoms with Gasteiger partial charge in [-0.2, -0.15) is 13.2 Å². The molecule has 2 heterocycles. The largest absolute Gasteiger partial charge is 0.416 e. The van der Waals surface area contributed by atoms with E-state index in [2.05, 4.69) is 15.5 Å². The van der Waals surface area contributed by atoms with Crippen molar-refractivity contribution in [3.63, 3.8) is 0 Å². The van der Waals surface area contributed by atoms with Crippen LogP contribution in [0.1, 0.15) is 18.4 Å². The molecule has 0 spiro atoms. The third-order valence-electron chi connectivity index (χ3n) is 5.05. The molecule has 0 atom stereocenters. The van der Waals surface area contributed by atoms with Crippen LogP contribution in [0, 0.1) is 0 Å². The lowest BCUT2D eigenvalue weighted by Gasteiger charge is -2.17. The fraction of sp³-hybridized carbons (Fsp3) is 0.217. The number of rotatable bonds is 4. The number of aromatic nitrogens is 1. The average Bonchev–Trinajstić information content (AvgIpc) is 3.29. The first-order chi connectivity index (χ1) is 14.9. The predicted octanol–water partition coefficient (Wildman–Crippen LogP) is 6.01. The van der Waals surface area contributed by atoms with E-state index in [4.69, 9.17) is 4.98 Å². The number of urea groups is 1. The van der Waals surface area contributed by atoms with E-state index in [-0.39, 0.29) is 5.69 Å². The quantitative estimate of drug-likeness (QED) is 0.537. The summed E-state index contributed by atoms with van der Waals surface area (Å²) in [6.07, 6.45) is -2.08. The maximum Gasteiger partial charge on any atom is 0.416 e. The van der Waals surface area contributed by atoms with Crippen molar-refractivity contribution in [2.24, 2.45) is 0 Å². The summed E-state index contributed by atoms with van der Waals surface area (Å²) < 4.78 is 38.0. The van der Waals surface area contributed by atoms with Crippen LogP contribution in [0.3, 0.4) is 0 Å². The summed E-state index contributed by atoms with van der Waals surface area (Å²) in [7, 11) is 0. The van der Waals surface area contributed by atoms with Gasteiger partial charge >= 0.3 is 12.2 Å². The monoisotopic (exact) mass is 426 g/mol. The molecule has 160 valence electrons. The highest BCUT2D eigenvalue weighted by Crippen LogP contribution is 2.30. The lowest BCUT2D eigenvalue weighted by atomic mass is 10.1. The molecule has 1 aliphatic heterocycles. The zero-order valence-electron chi connectivity index (χ0n) is 16.6. The Kier molecular flexibility index (Phi) is 5.79. The summed E-state index contributed by atoms with van der Waals surface area (Å²) in [6.45, 7) is 2.00. The molecule has 0 radical (unpaired) electrons. The van der Waals surface area contributed by atoms with Gasteiger partial charge in [0.05, 0.1) is 11.3 Å². The molecule has 2 N–H and O–H groups in total. The summed E-state index contributed by atoms with van der Waals surface area (Å²) in [5, 5.41) is 5.24. The molecule has 0 unspecified atom stereocenters. The maximum absolute atomic E-state index is 12.7. The Bertz CT molecular complexity index is 1060. The van der Waals surface area contributed by atoms with Crippen LogP contribution in [0.25, 0.3) is 11.3 Å². The smallest absolute Gasteiger partial charge is 0.357 e. The molecule has 4 rings (SSSR count). The molecule has 1 aliphatic rings. The number of hydrogen-bond donors (Lipinski definition) is 2.